The average molecular weight is 370 g/mol. The van der Waals surface area contributed by atoms with Crippen LogP contribution >= 0.6 is 11.8 Å². The molecule has 0 atom stereocenters. The van der Waals surface area contributed by atoms with Gasteiger partial charge in [-0.3, -0.25) is 9.69 Å². The summed E-state index contributed by atoms with van der Waals surface area (Å²) in [5.74, 6) is -1.54. The number of phenols is 2. The number of amides is 1. The van der Waals surface area contributed by atoms with Gasteiger partial charge in [0.05, 0.1) is 16.2 Å². The molecule has 26 heavy (non-hydrogen) atoms. The Hall–Kier alpha value is -3.26. The first-order chi connectivity index (χ1) is 12.3. The first kappa shape index (κ1) is 17.6. The molecule has 1 saturated heterocycles. The van der Waals surface area contributed by atoms with E-state index in [0.29, 0.717) is 10.1 Å². The van der Waals surface area contributed by atoms with Gasteiger partial charge >= 0.3 is 5.97 Å². The summed E-state index contributed by atoms with van der Waals surface area (Å²) in [6.07, 6.45) is 1.67. The number of carbonyl (C=O) groups excluding carboxylic acids is 1. The lowest BCUT2D eigenvalue weighted by Crippen LogP contribution is -2.23. The number of benzene rings is 2. The zero-order valence-electron chi connectivity index (χ0n) is 13.6. The second-order valence-electron chi connectivity index (χ2n) is 5.47. The van der Waals surface area contributed by atoms with Gasteiger partial charge in [-0.25, -0.2) is 9.79 Å². The number of likely N-dealkylation sites (N-methyl/N-ethyl adjacent to an activating group) is 1. The number of aromatic carboxylic acids is 1. The maximum absolute atomic E-state index is 12.4. The predicted molar refractivity (Wildman–Crippen MR) is 98.6 cm³/mol. The van der Waals surface area contributed by atoms with Crippen LogP contribution in [0.5, 0.6) is 11.5 Å². The topological polar surface area (TPSA) is 110 Å². The molecule has 0 unspecified atom stereocenters. The highest BCUT2D eigenvalue weighted by Gasteiger charge is 2.30. The van der Waals surface area contributed by atoms with Crippen LogP contribution in [0.15, 0.2) is 52.4 Å². The number of carbonyl (C=O) groups is 2. The van der Waals surface area contributed by atoms with Crippen LogP contribution in [0.2, 0.25) is 0 Å². The molecule has 1 amide bonds. The van der Waals surface area contributed by atoms with E-state index in [1.54, 1.807) is 25.3 Å². The lowest BCUT2D eigenvalue weighted by atomic mass is 10.2. The molecular weight excluding hydrogens is 356 g/mol. The summed E-state index contributed by atoms with van der Waals surface area (Å²) >= 11 is 1.11. The van der Waals surface area contributed by atoms with Crippen molar-refractivity contribution in [1.29, 1.82) is 0 Å². The molecule has 0 radical (unpaired) electrons. The summed E-state index contributed by atoms with van der Waals surface area (Å²) in [5.41, 5.74) is 0.724. The highest BCUT2D eigenvalue weighted by Crippen LogP contribution is 2.34. The number of amidine groups is 1. The first-order valence-corrected chi connectivity index (χ1v) is 8.28. The number of aliphatic imine (C=N–C) groups is 1. The quantitative estimate of drug-likeness (QED) is 0.716. The predicted octanol–water partition coefficient (Wildman–Crippen LogP) is 3.03. The van der Waals surface area contributed by atoms with Crippen molar-refractivity contribution in [3.63, 3.8) is 0 Å². The van der Waals surface area contributed by atoms with Crippen molar-refractivity contribution in [1.82, 2.24) is 4.90 Å². The van der Waals surface area contributed by atoms with Gasteiger partial charge in [0.25, 0.3) is 5.91 Å². The number of aromatic hydroxyl groups is 2. The molecule has 0 spiro atoms. The number of thioether (sulfide) groups is 1. The number of rotatable bonds is 3. The summed E-state index contributed by atoms with van der Waals surface area (Å²) in [6.45, 7) is 0. The fourth-order valence-corrected chi connectivity index (χ4v) is 3.25. The van der Waals surface area contributed by atoms with Crippen LogP contribution in [0.25, 0.3) is 6.08 Å². The lowest BCUT2D eigenvalue weighted by molar-refractivity contribution is -0.121. The molecular formula is C18H14N2O5S. The fourth-order valence-electron chi connectivity index (χ4n) is 2.27. The normalized spacial score (nSPS) is 17.3. The minimum atomic E-state index is -1.22. The summed E-state index contributed by atoms with van der Waals surface area (Å²) < 4.78 is 0. The SMILES string of the molecule is CN1C(=O)/C(=C/c2ccc(O)cc2)SC1=Nc1ccc(O)cc1C(=O)O. The number of carboxylic acids is 1. The van der Waals surface area contributed by atoms with Gasteiger partial charge in [-0.05, 0) is 53.7 Å². The molecule has 3 rings (SSSR count). The second-order valence-corrected chi connectivity index (χ2v) is 6.48. The summed E-state index contributed by atoms with van der Waals surface area (Å²) in [5, 5.41) is 28.4. The maximum atomic E-state index is 12.4. The number of nitrogens with zero attached hydrogens (tertiary/aromatic N) is 2. The Balaban J connectivity index is 1.95. The zero-order chi connectivity index (χ0) is 18.8. The molecule has 0 bridgehead atoms. The number of phenolic OH excluding ortho intramolecular Hbond substituents is 2. The van der Waals surface area contributed by atoms with Crippen molar-refractivity contribution in [2.75, 3.05) is 7.05 Å². The molecule has 2 aromatic rings. The van der Waals surface area contributed by atoms with Crippen LogP contribution in [-0.2, 0) is 4.79 Å². The Morgan fingerprint density at radius 2 is 1.77 bits per heavy atom. The minimum Gasteiger partial charge on any atom is -0.508 e. The highest BCUT2D eigenvalue weighted by atomic mass is 32.2. The van der Waals surface area contributed by atoms with Gasteiger partial charge in [0, 0.05) is 7.05 Å². The summed E-state index contributed by atoms with van der Waals surface area (Å²) in [7, 11) is 1.55. The van der Waals surface area contributed by atoms with Gasteiger partial charge in [-0.2, -0.15) is 0 Å². The van der Waals surface area contributed by atoms with Crippen LogP contribution in [0, 0.1) is 0 Å². The third kappa shape index (κ3) is 3.55. The highest BCUT2D eigenvalue weighted by molar-refractivity contribution is 8.18. The Morgan fingerprint density at radius 3 is 2.42 bits per heavy atom. The van der Waals surface area contributed by atoms with E-state index in [0.717, 1.165) is 23.4 Å². The van der Waals surface area contributed by atoms with E-state index >= 15 is 0 Å². The summed E-state index contributed by atoms with van der Waals surface area (Å²) in [6, 6.07) is 10.2. The third-order valence-electron chi connectivity index (χ3n) is 3.62. The number of hydrogen-bond acceptors (Lipinski definition) is 6. The largest absolute Gasteiger partial charge is 0.508 e. The summed E-state index contributed by atoms with van der Waals surface area (Å²) in [4.78, 5) is 29.7. The molecule has 1 fully saturated rings. The van der Waals surface area contributed by atoms with Crippen LogP contribution in [0.1, 0.15) is 15.9 Å². The Bertz CT molecular complexity index is 951. The van der Waals surface area contributed by atoms with E-state index in [2.05, 4.69) is 4.99 Å². The van der Waals surface area contributed by atoms with Crippen LogP contribution in [-0.4, -0.2) is 44.3 Å². The van der Waals surface area contributed by atoms with E-state index in [4.69, 9.17) is 0 Å². The molecule has 0 aromatic heterocycles. The average Bonchev–Trinajstić information content (AvgIpc) is 2.86. The Kier molecular flexibility index (Phi) is 4.68. The third-order valence-corrected chi connectivity index (χ3v) is 4.68. The van der Waals surface area contributed by atoms with Crippen molar-refractivity contribution < 1.29 is 24.9 Å². The van der Waals surface area contributed by atoms with E-state index < -0.39 is 5.97 Å². The maximum Gasteiger partial charge on any atom is 0.338 e. The van der Waals surface area contributed by atoms with Crippen molar-refractivity contribution in [2.24, 2.45) is 4.99 Å². The van der Waals surface area contributed by atoms with Crippen LogP contribution < -0.4 is 0 Å². The first-order valence-electron chi connectivity index (χ1n) is 7.47. The molecule has 7 nitrogen and oxygen atoms in total. The molecule has 1 heterocycles. The molecule has 1 aliphatic rings. The molecule has 0 aliphatic carbocycles. The van der Waals surface area contributed by atoms with Crippen molar-refractivity contribution >= 4 is 40.6 Å². The van der Waals surface area contributed by atoms with E-state index in [9.17, 15) is 24.9 Å². The number of carboxylic acid groups (broad SMARTS) is 1. The van der Waals surface area contributed by atoms with Gasteiger partial charge < -0.3 is 15.3 Å². The molecule has 132 valence electrons. The minimum absolute atomic E-state index is 0.130. The van der Waals surface area contributed by atoms with Gasteiger partial charge in [0.15, 0.2) is 5.17 Å². The molecule has 3 N–H and O–H groups in total. The number of hydrogen-bond donors (Lipinski definition) is 3. The lowest BCUT2D eigenvalue weighted by Gasteiger charge is -2.08. The van der Waals surface area contributed by atoms with Crippen LogP contribution in [0.3, 0.4) is 0 Å². The van der Waals surface area contributed by atoms with Gasteiger partial charge in [0.2, 0.25) is 0 Å². The van der Waals surface area contributed by atoms with Crippen molar-refractivity contribution in [3.05, 3.63) is 58.5 Å². The van der Waals surface area contributed by atoms with E-state index in [1.807, 2.05) is 0 Å². The van der Waals surface area contributed by atoms with Gasteiger partial charge in [-0.15, -0.1) is 0 Å². The molecule has 0 saturated carbocycles. The smallest absolute Gasteiger partial charge is 0.338 e. The zero-order valence-corrected chi connectivity index (χ0v) is 14.4. The molecule has 2 aromatic carbocycles. The second kappa shape index (κ2) is 6.93. The molecule has 1 aliphatic heterocycles. The van der Waals surface area contributed by atoms with E-state index in [1.165, 1.54) is 29.2 Å². The monoisotopic (exact) mass is 370 g/mol. The van der Waals surface area contributed by atoms with Crippen LogP contribution in [0.4, 0.5) is 5.69 Å². The standard InChI is InChI=1S/C18H14N2O5S/c1-20-16(23)15(8-10-2-4-11(21)5-3-10)26-18(20)19-14-7-6-12(22)9-13(14)17(24)25/h2-9,21-22H,1H3,(H,24,25)/b15-8-,19-18?. The van der Waals surface area contributed by atoms with Gasteiger partial charge in [-0.1, -0.05) is 12.1 Å². The fraction of sp³-hybridized carbons (Fsp3) is 0.0556. The molecule has 8 heteroatoms. The van der Waals surface area contributed by atoms with Crippen molar-refractivity contribution in [3.8, 4) is 11.5 Å². The van der Waals surface area contributed by atoms with Crippen molar-refractivity contribution in [2.45, 2.75) is 0 Å². The van der Waals surface area contributed by atoms with Gasteiger partial charge in [0.1, 0.15) is 11.5 Å². The Morgan fingerprint density at radius 1 is 1.12 bits per heavy atom. The Labute approximate surface area is 152 Å². The van der Waals surface area contributed by atoms with E-state index in [-0.39, 0.29) is 28.7 Å².